The van der Waals surface area contributed by atoms with Crippen LogP contribution < -0.4 is 5.32 Å². The Morgan fingerprint density at radius 1 is 0.846 bits per heavy atom. The Morgan fingerprint density at radius 2 is 1.46 bits per heavy atom. The van der Waals surface area contributed by atoms with Crippen molar-refractivity contribution in [3.63, 3.8) is 0 Å². The average Bonchev–Trinajstić information content (AvgIpc) is 3.05. The number of ether oxygens (including phenoxy) is 6. The molecule has 1 heterocycles. The van der Waals surface area contributed by atoms with E-state index in [0.717, 1.165) is 44.6 Å². The summed E-state index contributed by atoms with van der Waals surface area (Å²) in [4.78, 5) is 12.7. The highest BCUT2D eigenvalue weighted by molar-refractivity contribution is 7.66. The van der Waals surface area contributed by atoms with Crippen LogP contribution in [-0.2, 0) is 55.7 Å². The van der Waals surface area contributed by atoms with Gasteiger partial charge in [-0.25, -0.2) is 4.31 Å². The van der Waals surface area contributed by atoms with Gasteiger partial charge in [0.15, 0.2) is 6.29 Å². The summed E-state index contributed by atoms with van der Waals surface area (Å²) >= 11 is 0. The van der Waals surface area contributed by atoms with E-state index < -0.39 is 71.1 Å². The van der Waals surface area contributed by atoms with Gasteiger partial charge in [-0.15, -0.1) is 0 Å². The minimum Gasteiger partial charge on any atom is -0.394 e. The first kappa shape index (κ1) is 48.7. The molecule has 0 bridgehead atoms. The molecular weight excluding hydrogens is 724 g/mol. The molecule has 1 amide bonds. The summed E-state index contributed by atoms with van der Waals surface area (Å²) in [5, 5.41) is 34.0. The molecule has 0 saturated carbocycles. The fourth-order valence-corrected chi connectivity index (χ4v) is 8.21. The second-order valence-electron chi connectivity index (χ2n) is 12.9. The average molecular weight is 788 g/mol. The first-order valence-corrected chi connectivity index (χ1v) is 21.3. The summed E-state index contributed by atoms with van der Waals surface area (Å²) in [5.41, 5.74) is 3.63. The van der Waals surface area contributed by atoms with Crippen molar-refractivity contribution in [1.29, 1.82) is 0 Å². The predicted molar refractivity (Wildman–Crippen MR) is 195 cm³/mol. The van der Waals surface area contributed by atoms with E-state index in [9.17, 15) is 29.2 Å². The number of rotatable bonds is 28. The maximum absolute atomic E-state index is 13.2. The van der Waals surface area contributed by atoms with Crippen LogP contribution in [-0.4, -0.2) is 145 Å². The maximum Gasteiger partial charge on any atom is 0.337 e. The lowest BCUT2D eigenvalue weighted by atomic mass is 9.96. The van der Waals surface area contributed by atoms with E-state index in [2.05, 4.69) is 38.2 Å². The summed E-state index contributed by atoms with van der Waals surface area (Å²) in [6.07, 6.45) is 2.67. The number of carbonyl (C=O) groups is 1. The lowest BCUT2D eigenvalue weighted by Gasteiger charge is -2.42. The quantitative estimate of drug-likeness (QED) is 0.0506. The highest BCUT2D eigenvalue weighted by Gasteiger charge is 2.48. The minimum atomic E-state index is -4.23. The third-order valence-electron chi connectivity index (χ3n) is 7.58. The first-order chi connectivity index (χ1) is 24.5. The molecule has 0 radical (unpaired) electrons. The Labute approximate surface area is 309 Å². The normalized spacial score (nSPS) is 24.2. The van der Waals surface area contributed by atoms with Gasteiger partial charge in [0.1, 0.15) is 31.0 Å². The van der Waals surface area contributed by atoms with Crippen LogP contribution in [0.15, 0.2) is 34.9 Å². The second kappa shape index (κ2) is 26.5. The SMILES string of the molecule is COCCOCC(COCC(=O)N[C@H]1C(CO)O[C@@H](O[P@](C)(=O)O[P@](C)(=O)OC/C=C(/C)CC/C=C(\C)CCC=C(C)C)C(O)[C@H]1O)OCCOC. The van der Waals surface area contributed by atoms with Crippen molar-refractivity contribution in [2.24, 2.45) is 0 Å². The number of amides is 1. The van der Waals surface area contributed by atoms with E-state index in [1.807, 2.05) is 6.92 Å². The smallest absolute Gasteiger partial charge is 0.337 e. The van der Waals surface area contributed by atoms with Crippen LogP contribution in [0.4, 0.5) is 0 Å². The number of methoxy groups -OCH3 is 2. The Morgan fingerprint density at radius 3 is 2.10 bits per heavy atom. The zero-order valence-electron chi connectivity index (χ0n) is 32.0. The van der Waals surface area contributed by atoms with Gasteiger partial charge in [-0.1, -0.05) is 34.9 Å². The standard InChI is InChI=1S/C34H63NO15P2/c1-25(2)11-9-12-26(3)13-10-14-27(4)15-16-47-51(7,40)50-52(8,41)49-34-33(39)32(38)31(29(21-36)48-34)35-30(37)24-45-23-28(46-20-18-43-6)22-44-19-17-42-5/h11,13,15,28-29,31-34,36,38-39H,9-10,12,14,16-24H2,1-8H3,(H,35,37)/b26-13+,27-15-/t28?,29?,31-,32-,33?,34-,51+,52-/m0/s1. The summed E-state index contributed by atoms with van der Waals surface area (Å²) in [5.74, 6) is -0.687. The van der Waals surface area contributed by atoms with Crippen LogP contribution in [0, 0.1) is 0 Å². The first-order valence-electron chi connectivity index (χ1n) is 17.3. The number of hydrogen-bond donors (Lipinski definition) is 4. The summed E-state index contributed by atoms with van der Waals surface area (Å²) in [7, 11) is -5.07. The van der Waals surface area contributed by atoms with Gasteiger partial charge in [-0.05, 0) is 53.4 Å². The number of aliphatic hydroxyl groups excluding tert-OH is 3. The zero-order valence-corrected chi connectivity index (χ0v) is 33.8. The van der Waals surface area contributed by atoms with Gasteiger partial charge in [-0.3, -0.25) is 18.4 Å². The summed E-state index contributed by atoms with van der Waals surface area (Å²) in [6.45, 7) is 10.7. The van der Waals surface area contributed by atoms with Crippen molar-refractivity contribution in [2.75, 3.05) is 87.0 Å². The number of hydrogen-bond acceptors (Lipinski definition) is 15. The van der Waals surface area contributed by atoms with Crippen LogP contribution in [0.2, 0.25) is 0 Å². The zero-order chi connectivity index (χ0) is 39.2. The molecule has 3 unspecified atom stereocenters. The van der Waals surface area contributed by atoms with E-state index in [1.54, 1.807) is 13.2 Å². The van der Waals surface area contributed by atoms with E-state index >= 15 is 0 Å². The molecule has 52 heavy (non-hydrogen) atoms. The third-order valence-corrected chi connectivity index (χ3v) is 11.2. The van der Waals surface area contributed by atoms with Crippen LogP contribution in [0.1, 0.15) is 53.4 Å². The number of allylic oxidation sites excluding steroid dienone is 5. The number of nitrogens with one attached hydrogen (secondary N) is 1. The molecule has 0 aromatic rings. The molecule has 304 valence electrons. The lowest BCUT2D eigenvalue weighted by molar-refractivity contribution is -0.253. The monoisotopic (exact) mass is 787 g/mol. The van der Waals surface area contributed by atoms with Crippen molar-refractivity contribution in [1.82, 2.24) is 5.32 Å². The summed E-state index contributed by atoms with van der Waals surface area (Å²) < 4.78 is 74.2. The van der Waals surface area contributed by atoms with E-state index in [4.69, 9.17) is 41.8 Å². The molecular formula is C34H63NO15P2. The topological polar surface area (TPSA) is 207 Å². The van der Waals surface area contributed by atoms with E-state index in [1.165, 1.54) is 18.3 Å². The highest BCUT2D eigenvalue weighted by atomic mass is 31.3. The molecule has 4 N–H and O–H groups in total. The molecule has 1 fully saturated rings. The van der Waals surface area contributed by atoms with Crippen LogP contribution in [0.3, 0.4) is 0 Å². The Bertz CT molecular complexity index is 1210. The minimum absolute atomic E-state index is 0.00281. The third kappa shape index (κ3) is 21.5. The number of aliphatic hydroxyl groups is 3. The molecule has 1 aliphatic rings. The van der Waals surface area contributed by atoms with E-state index in [-0.39, 0.29) is 26.4 Å². The van der Waals surface area contributed by atoms with Crippen LogP contribution in [0.25, 0.3) is 0 Å². The molecule has 1 aliphatic heterocycles. The Kier molecular flexibility index (Phi) is 24.8. The van der Waals surface area contributed by atoms with Crippen molar-refractivity contribution in [2.45, 2.75) is 90.1 Å². The van der Waals surface area contributed by atoms with Crippen molar-refractivity contribution >= 4 is 21.1 Å². The molecule has 16 nitrogen and oxygen atoms in total. The van der Waals surface area contributed by atoms with Crippen molar-refractivity contribution in [3.8, 4) is 0 Å². The van der Waals surface area contributed by atoms with Gasteiger partial charge in [0.25, 0.3) is 0 Å². The van der Waals surface area contributed by atoms with Gasteiger partial charge in [-0.2, -0.15) is 0 Å². The van der Waals surface area contributed by atoms with Gasteiger partial charge in [0, 0.05) is 27.5 Å². The maximum atomic E-state index is 13.2. The lowest BCUT2D eigenvalue weighted by Crippen LogP contribution is -2.65. The molecule has 18 heteroatoms. The molecule has 0 spiro atoms. The van der Waals surface area contributed by atoms with Gasteiger partial charge in [0.2, 0.25) is 5.91 Å². The highest BCUT2D eigenvalue weighted by Crippen LogP contribution is 2.62. The fourth-order valence-electron chi connectivity index (χ4n) is 4.82. The predicted octanol–water partition coefficient (Wildman–Crippen LogP) is 3.74. The molecule has 0 aliphatic carbocycles. The molecule has 1 saturated heterocycles. The Balaban J connectivity index is 2.65. The van der Waals surface area contributed by atoms with Crippen LogP contribution >= 0.6 is 15.2 Å². The van der Waals surface area contributed by atoms with Crippen LogP contribution in [0.5, 0.6) is 0 Å². The molecule has 8 atom stereocenters. The van der Waals surface area contributed by atoms with E-state index in [0.29, 0.717) is 19.8 Å². The van der Waals surface area contributed by atoms with Gasteiger partial charge in [0.05, 0.1) is 58.9 Å². The van der Waals surface area contributed by atoms with Crippen molar-refractivity contribution in [3.05, 3.63) is 34.9 Å². The molecule has 0 aromatic heterocycles. The van der Waals surface area contributed by atoms with Crippen molar-refractivity contribution < 1.29 is 71.0 Å². The largest absolute Gasteiger partial charge is 0.394 e. The molecule has 0 aromatic carbocycles. The number of carbonyl (C=O) groups excluding carboxylic acids is 1. The molecule has 1 rings (SSSR count). The Hall–Kier alpha value is -1.33. The van der Waals surface area contributed by atoms with Gasteiger partial charge >= 0.3 is 15.2 Å². The second-order valence-corrected chi connectivity index (χ2v) is 17.1. The summed E-state index contributed by atoms with van der Waals surface area (Å²) in [6, 6.07) is -1.29. The fraction of sp³-hybridized carbons (Fsp3) is 0.794. The van der Waals surface area contributed by atoms with Gasteiger partial charge < -0.3 is 53.6 Å².